The van der Waals surface area contributed by atoms with Crippen molar-refractivity contribution >= 4 is 33.2 Å². The van der Waals surface area contributed by atoms with Crippen molar-refractivity contribution in [2.75, 3.05) is 11.9 Å². The maximum absolute atomic E-state index is 12.9. The van der Waals surface area contributed by atoms with E-state index in [1.807, 2.05) is 13.8 Å². The Bertz CT molecular complexity index is 928. The van der Waals surface area contributed by atoms with Crippen molar-refractivity contribution in [3.05, 3.63) is 53.6 Å². The molecule has 6 nitrogen and oxygen atoms in total. The van der Waals surface area contributed by atoms with E-state index in [1.165, 1.54) is 28.6 Å². The molecular formula is C20H23ClN2O4S. The molecule has 1 aliphatic heterocycles. The highest BCUT2D eigenvalue weighted by atomic mass is 35.5. The molecule has 0 spiro atoms. The fourth-order valence-electron chi connectivity index (χ4n) is 3.15. The van der Waals surface area contributed by atoms with Crippen LogP contribution in [0.25, 0.3) is 0 Å². The molecule has 1 heterocycles. The van der Waals surface area contributed by atoms with Crippen molar-refractivity contribution in [2.24, 2.45) is 0 Å². The average Bonchev–Trinajstić information content (AvgIpc) is 3.14. The van der Waals surface area contributed by atoms with Crippen LogP contribution in [-0.4, -0.2) is 37.3 Å². The summed E-state index contributed by atoms with van der Waals surface area (Å²) in [6.07, 6.45) is 1.17. The molecule has 1 amide bonds. The Kier molecular flexibility index (Phi) is 6.27. The van der Waals surface area contributed by atoms with Gasteiger partial charge >= 0.3 is 0 Å². The number of carbonyl (C=O) groups excluding carboxylic acids is 1. The number of hydrogen-bond donors (Lipinski definition) is 1. The number of ether oxygens (including phenoxy) is 1. The number of benzene rings is 2. The quantitative estimate of drug-likeness (QED) is 0.765. The molecule has 1 atom stereocenters. The van der Waals surface area contributed by atoms with Gasteiger partial charge in [0.1, 0.15) is 11.8 Å². The first kappa shape index (κ1) is 20.6. The van der Waals surface area contributed by atoms with Crippen LogP contribution in [0, 0.1) is 0 Å². The van der Waals surface area contributed by atoms with Crippen LogP contribution in [0.2, 0.25) is 5.02 Å². The summed E-state index contributed by atoms with van der Waals surface area (Å²) in [5.41, 5.74) is 0.594. The molecule has 1 N–H and O–H groups in total. The van der Waals surface area contributed by atoms with E-state index in [-0.39, 0.29) is 16.9 Å². The Balaban J connectivity index is 1.73. The highest BCUT2D eigenvalue weighted by Crippen LogP contribution is 2.28. The van der Waals surface area contributed by atoms with E-state index in [0.717, 1.165) is 0 Å². The van der Waals surface area contributed by atoms with Gasteiger partial charge in [0.2, 0.25) is 15.9 Å². The molecule has 0 aromatic heterocycles. The van der Waals surface area contributed by atoms with Gasteiger partial charge < -0.3 is 10.1 Å². The fourth-order valence-corrected chi connectivity index (χ4v) is 4.93. The van der Waals surface area contributed by atoms with Crippen LogP contribution < -0.4 is 10.1 Å². The van der Waals surface area contributed by atoms with Crippen molar-refractivity contribution in [1.29, 1.82) is 0 Å². The number of sulfonamides is 1. The second-order valence-corrected chi connectivity index (χ2v) is 9.23. The Labute approximate surface area is 170 Å². The summed E-state index contributed by atoms with van der Waals surface area (Å²) >= 11 is 5.85. The SMILES string of the molecule is CC(C)Oc1ccc(NC(=O)C2CCCN2S(=O)(=O)c2ccc(Cl)cc2)cc1. The topological polar surface area (TPSA) is 75.7 Å². The molecule has 0 saturated carbocycles. The summed E-state index contributed by atoms with van der Waals surface area (Å²) in [5.74, 6) is 0.369. The third-order valence-electron chi connectivity index (χ3n) is 4.42. The van der Waals surface area contributed by atoms with Gasteiger partial charge in [-0.05, 0) is 75.2 Å². The molecule has 2 aromatic carbocycles. The molecule has 2 aromatic rings. The first-order valence-corrected chi connectivity index (χ1v) is 10.9. The van der Waals surface area contributed by atoms with E-state index in [9.17, 15) is 13.2 Å². The minimum atomic E-state index is -3.77. The first-order chi connectivity index (χ1) is 13.3. The number of carbonyl (C=O) groups is 1. The number of halogens is 1. The van der Waals surface area contributed by atoms with E-state index in [4.69, 9.17) is 16.3 Å². The highest BCUT2D eigenvalue weighted by molar-refractivity contribution is 7.89. The van der Waals surface area contributed by atoms with Gasteiger partial charge in [-0.2, -0.15) is 4.31 Å². The Hall–Kier alpha value is -2.09. The number of nitrogens with zero attached hydrogens (tertiary/aromatic N) is 1. The van der Waals surface area contributed by atoms with E-state index in [0.29, 0.717) is 35.8 Å². The molecule has 8 heteroatoms. The summed E-state index contributed by atoms with van der Waals surface area (Å²) in [6, 6.07) is 12.2. The minimum Gasteiger partial charge on any atom is -0.491 e. The second-order valence-electron chi connectivity index (χ2n) is 6.91. The molecule has 150 valence electrons. The van der Waals surface area contributed by atoms with Gasteiger partial charge in [-0.25, -0.2) is 8.42 Å². The first-order valence-electron chi connectivity index (χ1n) is 9.12. The van der Waals surface area contributed by atoms with Gasteiger partial charge in [0, 0.05) is 17.3 Å². The largest absolute Gasteiger partial charge is 0.491 e. The fraction of sp³-hybridized carbons (Fsp3) is 0.350. The van der Waals surface area contributed by atoms with Crippen LogP contribution in [0.15, 0.2) is 53.4 Å². The van der Waals surface area contributed by atoms with E-state index < -0.39 is 16.1 Å². The van der Waals surface area contributed by atoms with E-state index in [1.54, 1.807) is 24.3 Å². The van der Waals surface area contributed by atoms with Gasteiger partial charge in [0.25, 0.3) is 0 Å². The Morgan fingerprint density at radius 2 is 1.79 bits per heavy atom. The maximum atomic E-state index is 12.9. The van der Waals surface area contributed by atoms with Crippen molar-refractivity contribution in [3.8, 4) is 5.75 Å². The molecule has 1 saturated heterocycles. The lowest BCUT2D eigenvalue weighted by Crippen LogP contribution is -2.43. The predicted molar refractivity (Wildman–Crippen MR) is 109 cm³/mol. The number of amides is 1. The third-order valence-corrected chi connectivity index (χ3v) is 6.59. The monoisotopic (exact) mass is 422 g/mol. The van der Waals surface area contributed by atoms with Crippen molar-refractivity contribution in [3.63, 3.8) is 0 Å². The molecule has 0 bridgehead atoms. The molecule has 0 aliphatic carbocycles. The summed E-state index contributed by atoms with van der Waals surface area (Å²) < 4.78 is 32.7. The van der Waals surface area contributed by atoms with Crippen LogP contribution in [0.5, 0.6) is 5.75 Å². The van der Waals surface area contributed by atoms with Crippen molar-refractivity contribution in [2.45, 2.75) is 43.7 Å². The summed E-state index contributed by atoms with van der Waals surface area (Å²) in [5, 5.41) is 3.26. The summed E-state index contributed by atoms with van der Waals surface area (Å²) in [4.78, 5) is 12.9. The molecule has 1 unspecified atom stereocenters. The van der Waals surface area contributed by atoms with Crippen LogP contribution in [0.4, 0.5) is 5.69 Å². The minimum absolute atomic E-state index is 0.0607. The van der Waals surface area contributed by atoms with E-state index in [2.05, 4.69) is 5.32 Å². The Morgan fingerprint density at radius 1 is 1.14 bits per heavy atom. The van der Waals surface area contributed by atoms with Crippen LogP contribution in [0.1, 0.15) is 26.7 Å². The van der Waals surface area contributed by atoms with Crippen molar-refractivity contribution in [1.82, 2.24) is 4.31 Å². The lowest BCUT2D eigenvalue weighted by atomic mass is 10.2. The Morgan fingerprint density at radius 3 is 2.39 bits per heavy atom. The molecular weight excluding hydrogens is 400 g/mol. The third kappa shape index (κ3) is 4.66. The lowest BCUT2D eigenvalue weighted by Gasteiger charge is -2.23. The predicted octanol–water partition coefficient (Wildman–Crippen LogP) is 3.92. The number of rotatable bonds is 6. The zero-order valence-corrected chi connectivity index (χ0v) is 17.3. The van der Waals surface area contributed by atoms with E-state index >= 15 is 0 Å². The molecule has 28 heavy (non-hydrogen) atoms. The molecule has 3 rings (SSSR count). The zero-order valence-electron chi connectivity index (χ0n) is 15.8. The smallest absolute Gasteiger partial charge is 0.243 e. The molecule has 1 fully saturated rings. The van der Waals surface area contributed by atoms with Crippen LogP contribution in [0.3, 0.4) is 0 Å². The molecule has 0 radical (unpaired) electrons. The van der Waals surface area contributed by atoms with Gasteiger partial charge in [-0.15, -0.1) is 0 Å². The van der Waals surface area contributed by atoms with Gasteiger partial charge in [0.15, 0.2) is 0 Å². The standard InChI is InChI=1S/C20H23ClN2O4S/c1-14(2)27-17-9-7-16(8-10-17)22-20(24)19-4-3-13-23(19)28(25,26)18-11-5-15(21)6-12-18/h5-12,14,19H,3-4,13H2,1-2H3,(H,22,24). The number of nitrogens with one attached hydrogen (secondary N) is 1. The summed E-state index contributed by atoms with van der Waals surface area (Å²) in [7, 11) is -3.77. The average molecular weight is 423 g/mol. The maximum Gasteiger partial charge on any atom is 0.243 e. The van der Waals surface area contributed by atoms with Crippen LogP contribution >= 0.6 is 11.6 Å². The van der Waals surface area contributed by atoms with Crippen LogP contribution in [-0.2, 0) is 14.8 Å². The number of anilines is 1. The van der Waals surface area contributed by atoms with Gasteiger partial charge in [-0.3, -0.25) is 4.79 Å². The molecule has 1 aliphatic rings. The summed E-state index contributed by atoms with van der Waals surface area (Å²) in [6.45, 7) is 4.18. The van der Waals surface area contributed by atoms with Gasteiger partial charge in [-0.1, -0.05) is 11.6 Å². The van der Waals surface area contributed by atoms with Crippen molar-refractivity contribution < 1.29 is 17.9 Å². The van der Waals surface area contributed by atoms with Gasteiger partial charge in [0.05, 0.1) is 11.0 Å². The second kappa shape index (κ2) is 8.51. The normalized spacial score (nSPS) is 17.6. The lowest BCUT2D eigenvalue weighted by molar-refractivity contribution is -0.119. The highest BCUT2D eigenvalue weighted by Gasteiger charge is 2.39. The number of hydrogen-bond acceptors (Lipinski definition) is 4. The zero-order chi connectivity index (χ0) is 20.3.